The fourth-order valence-corrected chi connectivity index (χ4v) is 2.75. The lowest BCUT2D eigenvalue weighted by Crippen LogP contribution is -2.56. The van der Waals surface area contributed by atoms with Crippen molar-refractivity contribution in [3.63, 3.8) is 0 Å². The number of benzene rings is 1. The maximum absolute atomic E-state index is 13.9. The van der Waals surface area contributed by atoms with Gasteiger partial charge < -0.3 is 15.4 Å². The molecular formula is C18H26FN3O3. The smallest absolute Gasteiger partial charge is 0.237 e. The van der Waals surface area contributed by atoms with Crippen LogP contribution in [0.5, 0.6) is 0 Å². The summed E-state index contributed by atoms with van der Waals surface area (Å²) < 4.78 is 19.3. The first-order valence-corrected chi connectivity index (χ1v) is 8.61. The normalized spacial score (nSPS) is 18.2. The van der Waals surface area contributed by atoms with E-state index in [1.54, 1.807) is 18.2 Å². The number of rotatable bonds is 8. The van der Waals surface area contributed by atoms with Crippen LogP contribution in [0, 0.1) is 5.82 Å². The van der Waals surface area contributed by atoms with Crippen molar-refractivity contribution in [3.05, 3.63) is 35.6 Å². The molecule has 0 bridgehead atoms. The number of piperazine rings is 1. The van der Waals surface area contributed by atoms with E-state index >= 15 is 0 Å². The van der Waals surface area contributed by atoms with Crippen LogP contribution in [0.15, 0.2) is 24.3 Å². The summed E-state index contributed by atoms with van der Waals surface area (Å²) >= 11 is 0. The number of halogens is 1. The van der Waals surface area contributed by atoms with Crippen LogP contribution in [0.3, 0.4) is 0 Å². The van der Waals surface area contributed by atoms with Crippen LogP contribution >= 0.6 is 0 Å². The Kier molecular flexibility index (Phi) is 7.33. The molecule has 6 nitrogen and oxygen atoms in total. The number of amides is 2. The number of ether oxygens (including phenoxy) is 1. The van der Waals surface area contributed by atoms with Gasteiger partial charge in [0.25, 0.3) is 0 Å². The highest BCUT2D eigenvalue weighted by Gasteiger charge is 2.31. The largest absolute Gasteiger partial charge is 0.377 e. The molecule has 0 saturated carbocycles. The molecule has 1 unspecified atom stereocenters. The van der Waals surface area contributed by atoms with E-state index in [4.69, 9.17) is 4.74 Å². The fraction of sp³-hybridized carbons (Fsp3) is 0.556. The van der Waals surface area contributed by atoms with Gasteiger partial charge in [-0.1, -0.05) is 18.2 Å². The van der Waals surface area contributed by atoms with Gasteiger partial charge in [0.15, 0.2) is 0 Å². The zero-order chi connectivity index (χ0) is 18.2. The van der Waals surface area contributed by atoms with E-state index < -0.39 is 6.04 Å². The monoisotopic (exact) mass is 351 g/mol. The second-order valence-corrected chi connectivity index (χ2v) is 6.34. The Morgan fingerprint density at radius 2 is 2.20 bits per heavy atom. The molecule has 138 valence electrons. The Labute approximate surface area is 147 Å². The average molecular weight is 351 g/mol. The van der Waals surface area contributed by atoms with E-state index in [1.165, 1.54) is 6.07 Å². The summed E-state index contributed by atoms with van der Waals surface area (Å²) in [6, 6.07) is 5.89. The Balaban J connectivity index is 1.91. The van der Waals surface area contributed by atoms with E-state index in [2.05, 4.69) is 10.6 Å². The van der Waals surface area contributed by atoms with Crippen molar-refractivity contribution in [1.82, 2.24) is 15.5 Å². The van der Waals surface area contributed by atoms with Gasteiger partial charge in [-0.3, -0.25) is 14.5 Å². The van der Waals surface area contributed by atoms with Crippen molar-refractivity contribution >= 4 is 11.8 Å². The standard InChI is InChI=1S/C18H26FN3O3/c1-13(2)25-10-8-20-17(23)11-16-18(24)21-7-9-22(16)12-14-5-3-4-6-15(14)19/h3-6,13,16H,7-12H2,1-2H3,(H,20,23)(H,21,24). The van der Waals surface area contributed by atoms with E-state index in [0.717, 1.165) is 0 Å². The Morgan fingerprint density at radius 3 is 2.92 bits per heavy atom. The molecule has 0 radical (unpaired) electrons. The van der Waals surface area contributed by atoms with Crippen LogP contribution in [0.1, 0.15) is 25.8 Å². The van der Waals surface area contributed by atoms with Crippen LogP contribution in [-0.2, 0) is 20.9 Å². The van der Waals surface area contributed by atoms with Gasteiger partial charge in [-0.2, -0.15) is 0 Å². The fourth-order valence-electron chi connectivity index (χ4n) is 2.75. The summed E-state index contributed by atoms with van der Waals surface area (Å²) in [4.78, 5) is 26.2. The summed E-state index contributed by atoms with van der Waals surface area (Å²) in [5, 5.41) is 5.53. The third-order valence-electron chi connectivity index (χ3n) is 4.03. The molecular weight excluding hydrogens is 325 g/mol. The highest BCUT2D eigenvalue weighted by Crippen LogP contribution is 2.16. The average Bonchev–Trinajstić information content (AvgIpc) is 2.56. The first-order valence-electron chi connectivity index (χ1n) is 8.61. The summed E-state index contributed by atoms with van der Waals surface area (Å²) in [6.45, 7) is 6.05. The van der Waals surface area contributed by atoms with Crippen molar-refractivity contribution in [3.8, 4) is 0 Å². The van der Waals surface area contributed by atoms with Gasteiger partial charge in [-0.25, -0.2) is 4.39 Å². The topological polar surface area (TPSA) is 70.7 Å². The molecule has 25 heavy (non-hydrogen) atoms. The van der Waals surface area contributed by atoms with Crippen molar-refractivity contribution in [2.24, 2.45) is 0 Å². The number of nitrogens with one attached hydrogen (secondary N) is 2. The van der Waals surface area contributed by atoms with Gasteiger partial charge in [-0.05, 0) is 19.9 Å². The van der Waals surface area contributed by atoms with Gasteiger partial charge in [0, 0.05) is 31.7 Å². The molecule has 7 heteroatoms. The van der Waals surface area contributed by atoms with Crippen LogP contribution in [0.4, 0.5) is 4.39 Å². The molecule has 0 aromatic heterocycles. The SMILES string of the molecule is CC(C)OCCNC(=O)CC1C(=O)NCCN1Cc1ccccc1F. The van der Waals surface area contributed by atoms with Crippen LogP contribution in [-0.4, -0.2) is 55.1 Å². The third-order valence-corrected chi connectivity index (χ3v) is 4.03. The molecule has 0 spiro atoms. The lowest BCUT2D eigenvalue weighted by molar-refractivity contribution is -0.134. The van der Waals surface area contributed by atoms with Crippen molar-refractivity contribution in [2.45, 2.75) is 39.0 Å². The summed E-state index contributed by atoms with van der Waals surface area (Å²) in [5.74, 6) is -0.716. The molecule has 1 heterocycles. The lowest BCUT2D eigenvalue weighted by Gasteiger charge is -2.34. The lowest BCUT2D eigenvalue weighted by atomic mass is 10.1. The number of nitrogens with zero attached hydrogens (tertiary/aromatic N) is 1. The Bertz CT molecular complexity index is 595. The van der Waals surface area contributed by atoms with E-state index in [1.807, 2.05) is 18.7 Å². The molecule has 2 amide bonds. The number of hydrogen-bond acceptors (Lipinski definition) is 4. The summed E-state index contributed by atoms with van der Waals surface area (Å²) in [6.07, 6.45) is 0.152. The zero-order valence-corrected chi connectivity index (χ0v) is 14.8. The zero-order valence-electron chi connectivity index (χ0n) is 14.8. The quantitative estimate of drug-likeness (QED) is 0.687. The minimum atomic E-state index is -0.598. The second kappa shape index (κ2) is 9.48. The Morgan fingerprint density at radius 1 is 1.44 bits per heavy atom. The minimum absolute atomic E-state index is 0.0436. The summed E-state index contributed by atoms with van der Waals surface area (Å²) in [7, 11) is 0. The highest BCUT2D eigenvalue weighted by atomic mass is 19.1. The molecule has 1 aromatic carbocycles. The maximum Gasteiger partial charge on any atom is 0.237 e. The first kappa shape index (κ1) is 19.3. The van der Waals surface area contributed by atoms with Gasteiger partial charge in [0.05, 0.1) is 25.2 Å². The number of carbonyl (C=O) groups excluding carboxylic acids is 2. The molecule has 2 N–H and O–H groups in total. The highest BCUT2D eigenvalue weighted by molar-refractivity contribution is 5.88. The maximum atomic E-state index is 13.9. The number of hydrogen-bond donors (Lipinski definition) is 2. The molecule has 1 aromatic rings. The first-order chi connectivity index (χ1) is 12.0. The third kappa shape index (κ3) is 6.10. The molecule has 1 fully saturated rings. The molecule has 1 saturated heterocycles. The Hall–Kier alpha value is -1.99. The van der Waals surface area contributed by atoms with Crippen LogP contribution in [0.25, 0.3) is 0 Å². The van der Waals surface area contributed by atoms with Crippen molar-refractivity contribution < 1.29 is 18.7 Å². The number of carbonyl (C=O) groups is 2. The van der Waals surface area contributed by atoms with E-state index in [9.17, 15) is 14.0 Å². The van der Waals surface area contributed by atoms with Gasteiger partial charge in [0.2, 0.25) is 11.8 Å². The molecule has 2 rings (SSSR count). The van der Waals surface area contributed by atoms with Gasteiger partial charge >= 0.3 is 0 Å². The van der Waals surface area contributed by atoms with E-state index in [0.29, 0.717) is 38.3 Å². The predicted octanol–water partition coefficient (Wildman–Crippen LogP) is 1.06. The summed E-state index contributed by atoms with van der Waals surface area (Å²) in [5.41, 5.74) is 0.521. The van der Waals surface area contributed by atoms with Crippen molar-refractivity contribution in [2.75, 3.05) is 26.2 Å². The van der Waals surface area contributed by atoms with E-state index in [-0.39, 0.29) is 30.2 Å². The van der Waals surface area contributed by atoms with Crippen LogP contribution < -0.4 is 10.6 Å². The van der Waals surface area contributed by atoms with Crippen LogP contribution in [0.2, 0.25) is 0 Å². The molecule has 1 aliphatic rings. The minimum Gasteiger partial charge on any atom is -0.377 e. The molecule has 0 aliphatic carbocycles. The predicted molar refractivity (Wildman–Crippen MR) is 92.3 cm³/mol. The molecule has 1 atom stereocenters. The second-order valence-electron chi connectivity index (χ2n) is 6.34. The molecule has 1 aliphatic heterocycles. The van der Waals surface area contributed by atoms with Crippen molar-refractivity contribution in [1.29, 1.82) is 0 Å². The van der Waals surface area contributed by atoms with Gasteiger partial charge in [0.1, 0.15) is 5.82 Å². The van der Waals surface area contributed by atoms with Gasteiger partial charge in [-0.15, -0.1) is 0 Å².